The lowest BCUT2D eigenvalue weighted by atomic mass is 10.0. The molecule has 10 N–H and O–H groups in total. The first-order chi connectivity index (χ1) is 15.6. The summed E-state index contributed by atoms with van der Waals surface area (Å²) in [5, 5.41) is 65.0. The molecule has 0 aliphatic rings. The molecule has 0 aliphatic heterocycles. The monoisotopic (exact) mass is 466 g/mol. The van der Waals surface area contributed by atoms with Gasteiger partial charge in [-0.1, -0.05) is 24.3 Å². The molecule has 0 aromatic heterocycles. The van der Waals surface area contributed by atoms with Crippen LogP contribution in [0, 0.1) is 0 Å². The van der Waals surface area contributed by atoms with Crippen molar-refractivity contribution >= 4 is 17.6 Å². The number of aromatic hydroxyl groups is 1. The molecule has 0 saturated carbocycles. The number of hydrogen-bond acceptors (Lipinski definition) is 9. The number of aromatic carboxylic acids is 1. The fourth-order valence-corrected chi connectivity index (χ4v) is 2.61. The van der Waals surface area contributed by atoms with Gasteiger partial charge in [0.2, 0.25) is 5.91 Å². The number of aliphatic hydroxyl groups excluding tert-OH is 5. The Kier molecular flexibility index (Phi) is 12.0. The summed E-state index contributed by atoms with van der Waals surface area (Å²) >= 11 is 0. The van der Waals surface area contributed by atoms with Gasteiger partial charge in [0, 0.05) is 13.0 Å². The third-order valence-corrected chi connectivity index (χ3v) is 4.58. The molecule has 0 spiro atoms. The summed E-state index contributed by atoms with van der Waals surface area (Å²) in [5.74, 6) is -1.15. The maximum absolute atomic E-state index is 11.9. The Morgan fingerprint density at radius 1 is 0.909 bits per heavy atom. The quantitative estimate of drug-likeness (QED) is 0.209. The second-order valence-electron chi connectivity index (χ2n) is 7.10. The first-order valence-electron chi connectivity index (χ1n) is 10.0. The van der Waals surface area contributed by atoms with Gasteiger partial charge in [-0.3, -0.25) is 4.79 Å². The van der Waals surface area contributed by atoms with E-state index in [1.807, 2.05) is 0 Å². The highest BCUT2D eigenvalue weighted by atomic mass is 16.4. The van der Waals surface area contributed by atoms with Crippen molar-refractivity contribution in [3.05, 3.63) is 59.7 Å². The van der Waals surface area contributed by atoms with Crippen LogP contribution in [0.4, 0.5) is 5.69 Å². The fourth-order valence-electron chi connectivity index (χ4n) is 2.61. The summed E-state index contributed by atoms with van der Waals surface area (Å²) in [7, 11) is 0. The SMILES string of the molecule is NCC(O)C(O)C(O)C(O)CO.O=C(CCc1ccc(O)cc1)Nc1ccccc1C(=O)O. The molecule has 11 heteroatoms. The highest BCUT2D eigenvalue weighted by molar-refractivity contribution is 6.00. The number of carboxylic acid groups (broad SMARTS) is 1. The van der Waals surface area contributed by atoms with E-state index in [1.54, 1.807) is 42.5 Å². The van der Waals surface area contributed by atoms with E-state index in [-0.39, 0.29) is 30.2 Å². The minimum Gasteiger partial charge on any atom is -0.508 e. The topological polar surface area (TPSA) is 214 Å². The highest BCUT2D eigenvalue weighted by Crippen LogP contribution is 2.16. The Morgan fingerprint density at radius 3 is 2.03 bits per heavy atom. The smallest absolute Gasteiger partial charge is 0.337 e. The molecule has 0 heterocycles. The third-order valence-electron chi connectivity index (χ3n) is 4.58. The van der Waals surface area contributed by atoms with Crippen LogP contribution in [0.5, 0.6) is 5.75 Å². The lowest BCUT2D eigenvalue weighted by Gasteiger charge is -2.24. The van der Waals surface area contributed by atoms with Gasteiger partial charge < -0.3 is 46.8 Å². The molecule has 1 amide bonds. The minimum absolute atomic E-state index is 0.0653. The minimum atomic E-state index is -1.59. The van der Waals surface area contributed by atoms with Gasteiger partial charge >= 0.3 is 5.97 Å². The van der Waals surface area contributed by atoms with Crippen LogP contribution in [0.2, 0.25) is 0 Å². The number of para-hydroxylation sites is 1. The van der Waals surface area contributed by atoms with Crippen LogP contribution >= 0.6 is 0 Å². The maximum Gasteiger partial charge on any atom is 0.337 e. The van der Waals surface area contributed by atoms with E-state index in [0.29, 0.717) is 12.1 Å². The summed E-state index contributed by atoms with van der Waals surface area (Å²) in [5.41, 5.74) is 6.27. The lowest BCUT2D eigenvalue weighted by Crippen LogP contribution is -2.48. The van der Waals surface area contributed by atoms with E-state index in [4.69, 9.17) is 36.4 Å². The number of carbonyl (C=O) groups excluding carboxylic acids is 1. The van der Waals surface area contributed by atoms with Crippen molar-refractivity contribution in [3.63, 3.8) is 0 Å². The highest BCUT2D eigenvalue weighted by Gasteiger charge is 2.28. The van der Waals surface area contributed by atoms with Crippen LogP contribution in [-0.4, -0.2) is 85.2 Å². The molecule has 33 heavy (non-hydrogen) atoms. The van der Waals surface area contributed by atoms with Gasteiger partial charge in [0.05, 0.1) is 24.0 Å². The van der Waals surface area contributed by atoms with E-state index >= 15 is 0 Å². The van der Waals surface area contributed by atoms with Gasteiger partial charge in [-0.25, -0.2) is 4.79 Å². The zero-order chi connectivity index (χ0) is 25.0. The number of phenols is 1. The number of amides is 1. The summed E-state index contributed by atoms with van der Waals surface area (Å²) in [4.78, 5) is 22.9. The summed E-state index contributed by atoms with van der Waals surface area (Å²) < 4.78 is 0. The molecule has 2 rings (SSSR count). The Balaban J connectivity index is 0.000000389. The van der Waals surface area contributed by atoms with Crippen molar-refractivity contribution in [1.82, 2.24) is 0 Å². The van der Waals surface area contributed by atoms with Gasteiger partial charge in [-0.2, -0.15) is 0 Å². The van der Waals surface area contributed by atoms with E-state index in [1.165, 1.54) is 6.07 Å². The fraction of sp³-hybridized carbons (Fsp3) is 0.364. The number of aliphatic hydroxyl groups is 5. The number of benzene rings is 2. The number of nitrogens with one attached hydrogen (secondary N) is 1. The predicted octanol–water partition coefficient (Wildman–Crippen LogP) is -0.957. The number of aryl methyl sites for hydroxylation is 1. The van der Waals surface area contributed by atoms with E-state index in [9.17, 15) is 14.7 Å². The largest absolute Gasteiger partial charge is 0.508 e. The number of carboxylic acids is 1. The second-order valence-corrected chi connectivity index (χ2v) is 7.10. The van der Waals surface area contributed by atoms with E-state index in [0.717, 1.165) is 5.56 Å². The number of hydrogen-bond donors (Lipinski definition) is 9. The molecule has 4 atom stereocenters. The molecule has 0 bridgehead atoms. The van der Waals surface area contributed by atoms with Gasteiger partial charge in [-0.05, 0) is 36.2 Å². The van der Waals surface area contributed by atoms with Crippen LogP contribution in [-0.2, 0) is 11.2 Å². The van der Waals surface area contributed by atoms with E-state index in [2.05, 4.69) is 5.32 Å². The van der Waals surface area contributed by atoms with Gasteiger partial charge in [0.25, 0.3) is 0 Å². The standard InChI is InChI=1S/C16H15NO4.C6H15NO5/c18-12-8-5-11(6-9-12)7-10-15(19)17-14-4-2-1-3-13(14)16(20)21;7-1-3(9)5(11)6(12)4(10)2-8/h1-6,8-9,18H,7,10H2,(H,17,19)(H,20,21);3-6,8-12H,1-2,7H2. The lowest BCUT2D eigenvalue weighted by molar-refractivity contribution is -0.116. The van der Waals surface area contributed by atoms with Crippen molar-refractivity contribution in [3.8, 4) is 5.75 Å². The Hall–Kier alpha value is -3.06. The molecule has 2 aromatic carbocycles. The molecule has 11 nitrogen and oxygen atoms in total. The van der Waals surface area contributed by atoms with Gasteiger partial charge in [0.1, 0.15) is 24.1 Å². The molecular formula is C22H30N2O9. The molecular weight excluding hydrogens is 436 g/mol. The van der Waals surface area contributed by atoms with Crippen LogP contribution in [0.15, 0.2) is 48.5 Å². The van der Waals surface area contributed by atoms with Crippen LogP contribution in [0.25, 0.3) is 0 Å². The molecule has 0 radical (unpaired) electrons. The number of carbonyl (C=O) groups is 2. The number of rotatable bonds is 10. The molecule has 4 unspecified atom stereocenters. The molecule has 2 aromatic rings. The maximum atomic E-state index is 11.9. The van der Waals surface area contributed by atoms with Crippen molar-refractivity contribution in [1.29, 1.82) is 0 Å². The van der Waals surface area contributed by atoms with Crippen molar-refractivity contribution in [2.75, 3.05) is 18.5 Å². The van der Waals surface area contributed by atoms with Crippen LogP contribution < -0.4 is 11.1 Å². The first-order valence-corrected chi connectivity index (χ1v) is 10.0. The molecule has 0 aliphatic carbocycles. The predicted molar refractivity (Wildman–Crippen MR) is 119 cm³/mol. The second kappa shape index (κ2) is 14.2. The van der Waals surface area contributed by atoms with Crippen molar-refractivity contribution in [2.24, 2.45) is 5.73 Å². The zero-order valence-corrected chi connectivity index (χ0v) is 17.8. The Bertz CT molecular complexity index is 862. The third kappa shape index (κ3) is 9.53. The summed E-state index contributed by atoms with van der Waals surface area (Å²) in [6.07, 6.45) is -5.16. The number of nitrogens with two attached hydrogens (primary N) is 1. The van der Waals surface area contributed by atoms with Crippen molar-refractivity contribution in [2.45, 2.75) is 37.3 Å². The van der Waals surface area contributed by atoms with Gasteiger partial charge in [0.15, 0.2) is 0 Å². The number of phenolic OH excluding ortho intramolecular Hbond substituents is 1. The molecule has 0 fully saturated rings. The van der Waals surface area contributed by atoms with Gasteiger partial charge in [-0.15, -0.1) is 0 Å². The average molecular weight is 466 g/mol. The molecule has 182 valence electrons. The van der Waals surface area contributed by atoms with Crippen molar-refractivity contribution < 1.29 is 45.3 Å². The average Bonchev–Trinajstić information content (AvgIpc) is 2.82. The van der Waals surface area contributed by atoms with Crippen LogP contribution in [0.3, 0.4) is 0 Å². The molecule has 0 saturated heterocycles. The van der Waals surface area contributed by atoms with E-state index < -0.39 is 37.0 Å². The normalized spacial score (nSPS) is 14.2. The Labute approximate surface area is 190 Å². The zero-order valence-electron chi connectivity index (χ0n) is 17.8. The Morgan fingerprint density at radius 2 is 1.48 bits per heavy atom. The summed E-state index contributed by atoms with van der Waals surface area (Å²) in [6, 6.07) is 12.9. The summed E-state index contributed by atoms with van der Waals surface area (Å²) in [6.45, 7) is -0.911. The van der Waals surface area contributed by atoms with Crippen LogP contribution in [0.1, 0.15) is 22.3 Å². The first kappa shape index (κ1) is 28.0. The number of anilines is 1.